The fourth-order valence-electron chi connectivity index (χ4n) is 2.15. The number of aryl methyl sites for hydroxylation is 1. The molecule has 1 N–H and O–H groups in total. The maximum absolute atomic E-state index is 12.5. The highest BCUT2D eigenvalue weighted by Gasteiger charge is 2.20. The van der Waals surface area contributed by atoms with Gasteiger partial charge in [0.25, 0.3) is 10.0 Å². The summed E-state index contributed by atoms with van der Waals surface area (Å²) in [6.45, 7) is 0. The first-order valence-corrected chi connectivity index (χ1v) is 8.02. The summed E-state index contributed by atoms with van der Waals surface area (Å²) < 4.78 is 29.3. The number of hydrogen-bond donors (Lipinski definition) is 1. The number of fused-ring (bicyclic) bond motifs is 1. The summed E-state index contributed by atoms with van der Waals surface area (Å²) in [4.78, 5) is 4.37. The molecule has 21 heavy (non-hydrogen) atoms. The summed E-state index contributed by atoms with van der Waals surface area (Å²) in [7, 11) is -1.95. The van der Waals surface area contributed by atoms with Gasteiger partial charge in [0.15, 0.2) is 0 Å². The first-order valence-electron chi connectivity index (χ1n) is 6.16. The highest BCUT2D eigenvalue weighted by molar-refractivity contribution is 7.93. The van der Waals surface area contributed by atoms with Crippen molar-refractivity contribution in [1.29, 1.82) is 0 Å². The first-order chi connectivity index (χ1) is 9.97. The molecule has 0 unspecified atom stereocenters. The Balaban J connectivity index is 2.09. The Kier molecular flexibility index (Phi) is 3.35. The van der Waals surface area contributed by atoms with E-state index in [1.54, 1.807) is 60.4 Å². The second-order valence-electron chi connectivity index (χ2n) is 4.59. The molecule has 0 radical (unpaired) electrons. The number of anilines is 1. The molecule has 0 amide bonds. The molecule has 0 spiro atoms. The third-order valence-electron chi connectivity index (χ3n) is 3.06. The van der Waals surface area contributed by atoms with Crippen molar-refractivity contribution in [2.45, 2.75) is 4.90 Å². The van der Waals surface area contributed by atoms with Gasteiger partial charge in [-0.15, -0.1) is 0 Å². The molecule has 7 heteroatoms. The van der Waals surface area contributed by atoms with Crippen molar-refractivity contribution < 1.29 is 8.42 Å². The van der Waals surface area contributed by atoms with Gasteiger partial charge >= 0.3 is 0 Å². The Labute approximate surface area is 127 Å². The van der Waals surface area contributed by atoms with Gasteiger partial charge in [0.1, 0.15) is 10.5 Å². The standard InChI is InChI=1S/C14H12ClN3O2S/c1-18-9-13(12-6-3-7-16-14(12)18)21(19,20)17-11-5-2-4-10(15)8-11/h2-9,17H,1H3. The van der Waals surface area contributed by atoms with Gasteiger partial charge in [0, 0.05) is 29.9 Å². The molecule has 0 aliphatic heterocycles. The van der Waals surface area contributed by atoms with Crippen LogP contribution in [-0.2, 0) is 17.1 Å². The summed E-state index contributed by atoms with van der Waals surface area (Å²) in [6.07, 6.45) is 3.17. The fraction of sp³-hybridized carbons (Fsp3) is 0.0714. The van der Waals surface area contributed by atoms with Crippen LogP contribution >= 0.6 is 11.6 Å². The second-order valence-corrected chi connectivity index (χ2v) is 6.68. The normalized spacial score (nSPS) is 11.7. The molecule has 5 nitrogen and oxygen atoms in total. The van der Waals surface area contributed by atoms with Crippen LogP contribution in [0.25, 0.3) is 11.0 Å². The Morgan fingerprint density at radius 2 is 2.05 bits per heavy atom. The number of rotatable bonds is 3. The lowest BCUT2D eigenvalue weighted by molar-refractivity contribution is 0.601. The van der Waals surface area contributed by atoms with Gasteiger partial charge in [-0.25, -0.2) is 13.4 Å². The lowest BCUT2D eigenvalue weighted by Crippen LogP contribution is -2.12. The lowest BCUT2D eigenvalue weighted by Gasteiger charge is -2.07. The predicted molar refractivity (Wildman–Crippen MR) is 83.0 cm³/mol. The minimum Gasteiger partial charge on any atom is -0.334 e. The zero-order valence-corrected chi connectivity index (χ0v) is 12.7. The number of aromatic nitrogens is 2. The van der Waals surface area contributed by atoms with Crippen molar-refractivity contribution >= 4 is 38.3 Å². The molecule has 2 aromatic heterocycles. The molecule has 3 rings (SSSR count). The molecule has 0 aliphatic rings. The van der Waals surface area contributed by atoms with Gasteiger partial charge in [-0.1, -0.05) is 17.7 Å². The lowest BCUT2D eigenvalue weighted by atomic mass is 10.3. The van der Waals surface area contributed by atoms with Gasteiger partial charge in [-0.3, -0.25) is 4.72 Å². The Morgan fingerprint density at radius 1 is 1.24 bits per heavy atom. The summed E-state index contributed by atoms with van der Waals surface area (Å²) >= 11 is 5.87. The average molecular weight is 322 g/mol. The summed E-state index contributed by atoms with van der Waals surface area (Å²) in [5.41, 5.74) is 1.03. The third-order valence-corrected chi connectivity index (χ3v) is 4.71. The van der Waals surface area contributed by atoms with Crippen molar-refractivity contribution in [2.24, 2.45) is 7.05 Å². The highest BCUT2D eigenvalue weighted by atomic mass is 35.5. The van der Waals surface area contributed by atoms with Gasteiger partial charge in [0.2, 0.25) is 0 Å². The van der Waals surface area contributed by atoms with E-state index in [2.05, 4.69) is 9.71 Å². The molecule has 0 atom stereocenters. The third kappa shape index (κ3) is 2.59. The maximum atomic E-state index is 12.5. The number of hydrogen-bond acceptors (Lipinski definition) is 3. The zero-order chi connectivity index (χ0) is 15.0. The van der Waals surface area contributed by atoms with Crippen molar-refractivity contribution in [1.82, 2.24) is 9.55 Å². The number of nitrogens with one attached hydrogen (secondary N) is 1. The van der Waals surface area contributed by atoms with Crippen LogP contribution in [0, 0.1) is 0 Å². The number of halogens is 1. The number of nitrogens with zero attached hydrogens (tertiary/aromatic N) is 2. The molecule has 0 saturated heterocycles. The monoisotopic (exact) mass is 321 g/mol. The van der Waals surface area contributed by atoms with Crippen LogP contribution in [0.4, 0.5) is 5.69 Å². The van der Waals surface area contributed by atoms with E-state index in [4.69, 9.17) is 11.6 Å². The minimum absolute atomic E-state index is 0.188. The first kappa shape index (κ1) is 13.9. The molecule has 0 saturated carbocycles. The van der Waals surface area contributed by atoms with Crippen LogP contribution in [0.3, 0.4) is 0 Å². The summed E-state index contributed by atoms with van der Waals surface area (Å²) in [5.74, 6) is 0. The predicted octanol–water partition coefficient (Wildman–Crippen LogP) is 3.03. The van der Waals surface area contributed by atoms with E-state index in [9.17, 15) is 8.42 Å². The molecule has 108 valence electrons. The van der Waals surface area contributed by atoms with E-state index in [0.29, 0.717) is 21.7 Å². The summed E-state index contributed by atoms with van der Waals surface area (Å²) in [5, 5.41) is 1.05. The molecule has 0 fully saturated rings. The van der Waals surface area contributed by atoms with Crippen LogP contribution in [-0.4, -0.2) is 18.0 Å². The van der Waals surface area contributed by atoms with Crippen LogP contribution in [0.1, 0.15) is 0 Å². The van der Waals surface area contributed by atoms with Gasteiger partial charge in [0.05, 0.1) is 5.69 Å². The van der Waals surface area contributed by atoms with E-state index in [1.807, 2.05) is 0 Å². The molecule has 3 aromatic rings. The molecular weight excluding hydrogens is 310 g/mol. The number of pyridine rings is 1. The van der Waals surface area contributed by atoms with E-state index in [1.165, 1.54) is 0 Å². The van der Waals surface area contributed by atoms with Crippen molar-refractivity contribution in [3.8, 4) is 0 Å². The Morgan fingerprint density at radius 3 is 2.81 bits per heavy atom. The number of sulfonamides is 1. The van der Waals surface area contributed by atoms with Crippen molar-refractivity contribution in [3.63, 3.8) is 0 Å². The van der Waals surface area contributed by atoms with E-state index < -0.39 is 10.0 Å². The largest absolute Gasteiger partial charge is 0.334 e. The van der Waals surface area contributed by atoms with E-state index >= 15 is 0 Å². The molecular formula is C14H12ClN3O2S. The van der Waals surface area contributed by atoms with Crippen LogP contribution in [0.15, 0.2) is 53.7 Å². The topological polar surface area (TPSA) is 64.0 Å². The molecule has 0 bridgehead atoms. The van der Waals surface area contributed by atoms with E-state index in [0.717, 1.165) is 0 Å². The van der Waals surface area contributed by atoms with Crippen LogP contribution < -0.4 is 4.72 Å². The summed E-state index contributed by atoms with van der Waals surface area (Å²) in [6, 6.07) is 10.0. The molecule has 1 aromatic carbocycles. The smallest absolute Gasteiger partial charge is 0.264 e. The number of benzene rings is 1. The SMILES string of the molecule is Cn1cc(S(=O)(=O)Nc2cccc(Cl)c2)c2cccnc21. The second kappa shape index (κ2) is 5.05. The van der Waals surface area contributed by atoms with E-state index in [-0.39, 0.29) is 4.90 Å². The van der Waals surface area contributed by atoms with Crippen LogP contribution in [0.5, 0.6) is 0 Å². The molecule has 0 aliphatic carbocycles. The van der Waals surface area contributed by atoms with Crippen molar-refractivity contribution in [3.05, 3.63) is 53.8 Å². The highest BCUT2D eigenvalue weighted by Crippen LogP contribution is 2.25. The van der Waals surface area contributed by atoms with Crippen LogP contribution in [0.2, 0.25) is 5.02 Å². The van der Waals surface area contributed by atoms with Gasteiger partial charge in [-0.2, -0.15) is 0 Å². The van der Waals surface area contributed by atoms with Gasteiger partial charge in [-0.05, 0) is 30.3 Å². The molecule has 2 heterocycles. The quantitative estimate of drug-likeness (QED) is 0.806. The minimum atomic E-state index is -3.71. The Bertz CT molecular complexity index is 919. The van der Waals surface area contributed by atoms with Gasteiger partial charge < -0.3 is 4.57 Å². The maximum Gasteiger partial charge on any atom is 0.264 e. The Hall–Kier alpha value is -2.05. The fourth-order valence-corrected chi connectivity index (χ4v) is 3.64. The average Bonchev–Trinajstić information content (AvgIpc) is 2.77. The van der Waals surface area contributed by atoms with Crippen molar-refractivity contribution in [2.75, 3.05) is 4.72 Å². The zero-order valence-electron chi connectivity index (χ0n) is 11.1.